The van der Waals surface area contributed by atoms with Crippen LogP contribution in [0.25, 0.3) is 0 Å². The van der Waals surface area contributed by atoms with Crippen molar-refractivity contribution in [2.24, 2.45) is 5.92 Å². The topological polar surface area (TPSA) is 54.0 Å². The molecule has 1 aliphatic heterocycles. The number of pyridine rings is 1. The van der Waals surface area contributed by atoms with Crippen molar-refractivity contribution < 1.29 is 4.79 Å². The van der Waals surface area contributed by atoms with Gasteiger partial charge in [-0.1, -0.05) is 24.4 Å². The lowest BCUT2D eigenvalue weighted by atomic mass is 9.77. The van der Waals surface area contributed by atoms with Gasteiger partial charge in [0.1, 0.15) is 5.15 Å². The molecule has 0 spiro atoms. The minimum atomic E-state index is -0.0787. The molecule has 2 fully saturated rings. The van der Waals surface area contributed by atoms with E-state index in [1.54, 1.807) is 18.3 Å². The van der Waals surface area contributed by atoms with E-state index < -0.39 is 0 Å². The second kappa shape index (κ2) is 6.10. The number of piperidine rings is 1. The highest BCUT2D eigenvalue weighted by atomic mass is 35.5. The molecule has 0 bridgehead atoms. The molecule has 1 saturated carbocycles. The molecule has 3 rings (SSSR count). The summed E-state index contributed by atoms with van der Waals surface area (Å²) in [5.74, 6) is 0.808. The summed E-state index contributed by atoms with van der Waals surface area (Å²) in [7, 11) is 0. The van der Waals surface area contributed by atoms with Crippen LogP contribution in [0.15, 0.2) is 18.3 Å². The quantitative estimate of drug-likeness (QED) is 0.824. The molecule has 4 nitrogen and oxygen atoms in total. The van der Waals surface area contributed by atoms with Gasteiger partial charge in [0.25, 0.3) is 0 Å². The van der Waals surface area contributed by atoms with Crippen molar-refractivity contribution in [3.05, 3.63) is 23.5 Å². The number of carbonyl (C=O) groups is 1. The van der Waals surface area contributed by atoms with Crippen molar-refractivity contribution in [2.75, 3.05) is 5.32 Å². The van der Waals surface area contributed by atoms with Crippen LogP contribution in [-0.4, -0.2) is 23.0 Å². The maximum absolute atomic E-state index is 12.3. The second-order valence-corrected chi connectivity index (χ2v) is 6.19. The predicted molar refractivity (Wildman–Crippen MR) is 79.8 cm³/mol. The highest BCUT2D eigenvalue weighted by Crippen LogP contribution is 2.32. The van der Waals surface area contributed by atoms with Crippen LogP contribution in [0.5, 0.6) is 0 Å². The number of fused-ring (bicyclic) bond motifs is 1. The number of halogens is 1. The van der Waals surface area contributed by atoms with Gasteiger partial charge in [-0.3, -0.25) is 4.79 Å². The highest BCUT2D eigenvalue weighted by Gasteiger charge is 2.34. The number of hydrogen-bond acceptors (Lipinski definition) is 3. The van der Waals surface area contributed by atoms with Crippen LogP contribution in [0.2, 0.25) is 5.15 Å². The zero-order valence-corrected chi connectivity index (χ0v) is 12.2. The number of aromatic nitrogens is 1. The molecular weight excluding hydrogens is 274 g/mol. The van der Waals surface area contributed by atoms with E-state index >= 15 is 0 Å². The summed E-state index contributed by atoms with van der Waals surface area (Å²) in [6.07, 6.45) is 8.82. The van der Waals surface area contributed by atoms with Crippen LogP contribution in [-0.2, 0) is 4.79 Å². The Kier molecular flexibility index (Phi) is 4.22. The van der Waals surface area contributed by atoms with E-state index in [9.17, 15) is 4.79 Å². The monoisotopic (exact) mass is 293 g/mol. The van der Waals surface area contributed by atoms with Gasteiger partial charge in [-0.2, -0.15) is 0 Å². The van der Waals surface area contributed by atoms with Crippen LogP contribution in [0.3, 0.4) is 0 Å². The third-order valence-corrected chi connectivity index (χ3v) is 4.69. The first-order valence-electron chi connectivity index (χ1n) is 7.41. The minimum Gasteiger partial charge on any atom is -0.323 e. The summed E-state index contributed by atoms with van der Waals surface area (Å²) in [6, 6.07) is 3.91. The van der Waals surface area contributed by atoms with Gasteiger partial charge < -0.3 is 10.6 Å². The van der Waals surface area contributed by atoms with E-state index in [0.29, 0.717) is 16.9 Å². The summed E-state index contributed by atoms with van der Waals surface area (Å²) in [6.45, 7) is 0. The standard InChI is InChI=1S/C15H20ClN3O/c16-14-8-6-11(9-17-14)18-15(20)13-7-5-10-3-1-2-4-12(10)19-13/h6,8-10,12-13,19H,1-5,7H2,(H,18,20). The highest BCUT2D eigenvalue weighted by molar-refractivity contribution is 6.29. The molecule has 1 aromatic heterocycles. The molecular formula is C15H20ClN3O. The van der Waals surface area contributed by atoms with Crippen molar-refractivity contribution in [1.82, 2.24) is 10.3 Å². The Hall–Kier alpha value is -1.13. The minimum absolute atomic E-state index is 0.0399. The lowest BCUT2D eigenvalue weighted by Gasteiger charge is -2.39. The molecule has 1 saturated heterocycles. The number of amides is 1. The zero-order chi connectivity index (χ0) is 13.9. The van der Waals surface area contributed by atoms with Gasteiger partial charge in [-0.25, -0.2) is 4.98 Å². The smallest absolute Gasteiger partial charge is 0.241 e. The number of hydrogen-bond donors (Lipinski definition) is 2. The Morgan fingerprint density at radius 3 is 2.90 bits per heavy atom. The molecule has 3 atom stereocenters. The van der Waals surface area contributed by atoms with Crippen LogP contribution in [0.4, 0.5) is 5.69 Å². The van der Waals surface area contributed by atoms with E-state index in [2.05, 4.69) is 15.6 Å². The number of nitrogens with one attached hydrogen (secondary N) is 2. The third-order valence-electron chi connectivity index (χ3n) is 4.46. The fourth-order valence-electron chi connectivity index (χ4n) is 3.38. The second-order valence-electron chi connectivity index (χ2n) is 5.81. The molecule has 20 heavy (non-hydrogen) atoms. The summed E-state index contributed by atoms with van der Waals surface area (Å²) in [5.41, 5.74) is 0.701. The first-order chi connectivity index (χ1) is 9.72. The van der Waals surface area contributed by atoms with Crippen molar-refractivity contribution in [3.63, 3.8) is 0 Å². The molecule has 1 aromatic rings. The van der Waals surface area contributed by atoms with Crippen molar-refractivity contribution in [1.29, 1.82) is 0 Å². The zero-order valence-electron chi connectivity index (χ0n) is 11.4. The van der Waals surface area contributed by atoms with E-state index in [4.69, 9.17) is 11.6 Å². The molecule has 5 heteroatoms. The average Bonchev–Trinajstić information content (AvgIpc) is 2.49. The maximum atomic E-state index is 12.3. The normalized spacial score (nSPS) is 29.6. The molecule has 0 aromatic carbocycles. The number of carbonyl (C=O) groups excluding carboxylic acids is 1. The van der Waals surface area contributed by atoms with Crippen LogP contribution < -0.4 is 10.6 Å². The number of rotatable bonds is 2. The van der Waals surface area contributed by atoms with E-state index in [1.807, 2.05) is 0 Å². The van der Waals surface area contributed by atoms with Gasteiger partial charge in [-0.15, -0.1) is 0 Å². The van der Waals surface area contributed by atoms with Gasteiger partial charge in [0, 0.05) is 6.04 Å². The summed E-state index contributed by atoms with van der Waals surface area (Å²) >= 11 is 5.74. The van der Waals surface area contributed by atoms with E-state index in [-0.39, 0.29) is 11.9 Å². The Labute approximate surface area is 124 Å². The number of anilines is 1. The van der Waals surface area contributed by atoms with Gasteiger partial charge >= 0.3 is 0 Å². The molecule has 3 unspecified atom stereocenters. The fourth-order valence-corrected chi connectivity index (χ4v) is 3.49. The number of nitrogens with zero attached hydrogens (tertiary/aromatic N) is 1. The van der Waals surface area contributed by atoms with E-state index in [1.165, 1.54) is 25.7 Å². The van der Waals surface area contributed by atoms with Crippen molar-refractivity contribution in [3.8, 4) is 0 Å². The lowest BCUT2D eigenvalue weighted by molar-refractivity contribution is -0.119. The van der Waals surface area contributed by atoms with Crippen LogP contribution >= 0.6 is 11.6 Å². The third kappa shape index (κ3) is 3.13. The summed E-state index contributed by atoms with van der Waals surface area (Å²) < 4.78 is 0. The van der Waals surface area contributed by atoms with E-state index in [0.717, 1.165) is 18.8 Å². The molecule has 2 N–H and O–H groups in total. The Morgan fingerprint density at radius 2 is 2.10 bits per heavy atom. The predicted octanol–water partition coefficient (Wildman–Crippen LogP) is 2.98. The first kappa shape index (κ1) is 13.8. The van der Waals surface area contributed by atoms with Gasteiger partial charge in [0.15, 0.2) is 0 Å². The molecule has 108 valence electrons. The average molecular weight is 294 g/mol. The Morgan fingerprint density at radius 1 is 1.25 bits per heavy atom. The van der Waals surface area contributed by atoms with Gasteiger partial charge in [0.05, 0.1) is 17.9 Å². The molecule has 0 radical (unpaired) electrons. The van der Waals surface area contributed by atoms with Crippen molar-refractivity contribution in [2.45, 2.75) is 50.6 Å². The Bertz CT molecular complexity index is 477. The molecule has 1 aliphatic carbocycles. The maximum Gasteiger partial charge on any atom is 0.241 e. The largest absolute Gasteiger partial charge is 0.323 e. The molecule has 1 amide bonds. The van der Waals surface area contributed by atoms with Gasteiger partial charge in [-0.05, 0) is 43.7 Å². The molecule has 2 aliphatic rings. The molecule has 2 heterocycles. The summed E-state index contributed by atoms with van der Waals surface area (Å²) in [4.78, 5) is 16.3. The first-order valence-corrected chi connectivity index (χ1v) is 7.78. The fraction of sp³-hybridized carbons (Fsp3) is 0.600. The summed E-state index contributed by atoms with van der Waals surface area (Å²) in [5, 5.41) is 6.87. The van der Waals surface area contributed by atoms with Gasteiger partial charge in [0.2, 0.25) is 5.91 Å². The SMILES string of the molecule is O=C(Nc1ccc(Cl)nc1)C1CCC2CCCCC2N1. The van der Waals surface area contributed by atoms with Crippen LogP contribution in [0, 0.1) is 5.92 Å². The van der Waals surface area contributed by atoms with Crippen LogP contribution in [0.1, 0.15) is 38.5 Å². The lowest BCUT2D eigenvalue weighted by Crippen LogP contribution is -2.53. The Balaban J connectivity index is 1.58. The van der Waals surface area contributed by atoms with Crippen molar-refractivity contribution >= 4 is 23.2 Å².